The summed E-state index contributed by atoms with van der Waals surface area (Å²) in [6.45, 7) is 8.02. The summed E-state index contributed by atoms with van der Waals surface area (Å²) >= 11 is 0. The zero-order chi connectivity index (χ0) is 19.7. The molecule has 0 spiro atoms. The van der Waals surface area contributed by atoms with Crippen LogP contribution >= 0.6 is 0 Å². The van der Waals surface area contributed by atoms with Crippen molar-refractivity contribution in [2.24, 2.45) is 4.99 Å². The fraction of sp³-hybridized carbons (Fsp3) is 0.632. The van der Waals surface area contributed by atoms with Gasteiger partial charge in [0.1, 0.15) is 12.4 Å². The molecule has 27 heavy (non-hydrogen) atoms. The third kappa shape index (κ3) is 6.93. The number of hydrogen-bond acceptors (Lipinski definition) is 3. The maximum absolute atomic E-state index is 12.6. The van der Waals surface area contributed by atoms with E-state index in [0.29, 0.717) is 25.0 Å². The summed E-state index contributed by atoms with van der Waals surface area (Å²) in [5.41, 5.74) is -0.683. The van der Waals surface area contributed by atoms with Crippen molar-refractivity contribution in [3.63, 3.8) is 0 Å². The van der Waals surface area contributed by atoms with E-state index in [2.05, 4.69) is 15.2 Å². The minimum Gasteiger partial charge on any atom is -0.492 e. The quantitative estimate of drug-likeness (QED) is 0.442. The van der Waals surface area contributed by atoms with Crippen molar-refractivity contribution in [3.8, 4) is 5.75 Å². The SMILES string of the molecule is CCNC(=NCCOc1ccc(C(F)(F)F)cc1)N1CCC(OCC)CC1. The van der Waals surface area contributed by atoms with E-state index in [1.165, 1.54) is 12.1 Å². The maximum Gasteiger partial charge on any atom is 0.416 e. The minimum absolute atomic E-state index is 0.301. The third-order valence-electron chi connectivity index (χ3n) is 4.28. The molecule has 0 bridgehead atoms. The van der Waals surface area contributed by atoms with Gasteiger partial charge in [-0.15, -0.1) is 0 Å². The van der Waals surface area contributed by atoms with Crippen molar-refractivity contribution in [1.82, 2.24) is 10.2 Å². The number of piperidine rings is 1. The molecular weight excluding hydrogens is 359 g/mol. The molecule has 2 rings (SSSR count). The van der Waals surface area contributed by atoms with Crippen LogP contribution in [0.3, 0.4) is 0 Å². The lowest BCUT2D eigenvalue weighted by Crippen LogP contribution is -2.47. The van der Waals surface area contributed by atoms with Gasteiger partial charge in [-0.25, -0.2) is 4.99 Å². The van der Waals surface area contributed by atoms with Gasteiger partial charge >= 0.3 is 6.18 Å². The van der Waals surface area contributed by atoms with Gasteiger partial charge in [0, 0.05) is 26.2 Å². The Hall–Kier alpha value is -1.96. The number of rotatable bonds is 7. The average molecular weight is 387 g/mol. The number of nitrogens with zero attached hydrogens (tertiary/aromatic N) is 2. The summed E-state index contributed by atoms with van der Waals surface area (Å²) in [6, 6.07) is 4.70. The van der Waals surface area contributed by atoms with Crippen LogP contribution in [0.1, 0.15) is 32.3 Å². The molecular formula is C19H28F3N3O2. The molecule has 1 aliphatic heterocycles. The molecule has 5 nitrogen and oxygen atoms in total. The fourth-order valence-electron chi connectivity index (χ4n) is 2.95. The predicted molar refractivity (Wildman–Crippen MR) is 99.1 cm³/mol. The van der Waals surface area contributed by atoms with E-state index in [-0.39, 0.29) is 0 Å². The first-order chi connectivity index (χ1) is 12.9. The smallest absolute Gasteiger partial charge is 0.416 e. The number of benzene rings is 1. The number of likely N-dealkylation sites (tertiary alicyclic amines) is 1. The zero-order valence-electron chi connectivity index (χ0n) is 15.9. The van der Waals surface area contributed by atoms with Crippen LogP contribution in [0, 0.1) is 0 Å². The van der Waals surface area contributed by atoms with E-state index in [1.807, 2.05) is 13.8 Å². The molecule has 1 N–H and O–H groups in total. The Bertz CT molecular complexity index is 583. The summed E-state index contributed by atoms with van der Waals surface area (Å²) < 4.78 is 48.8. The number of guanidine groups is 1. The summed E-state index contributed by atoms with van der Waals surface area (Å²) in [6.07, 6.45) is -2.07. The van der Waals surface area contributed by atoms with E-state index in [9.17, 15) is 13.2 Å². The molecule has 0 unspecified atom stereocenters. The van der Waals surface area contributed by atoms with Crippen molar-refractivity contribution in [2.75, 3.05) is 39.4 Å². The number of ether oxygens (including phenoxy) is 2. The van der Waals surface area contributed by atoms with Gasteiger partial charge in [0.05, 0.1) is 18.2 Å². The molecule has 8 heteroatoms. The lowest BCUT2D eigenvalue weighted by Gasteiger charge is -2.34. The first kappa shape index (κ1) is 21.3. The Kier molecular flexibility index (Phi) is 8.22. The molecule has 1 fully saturated rings. The Morgan fingerprint density at radius 3 is 2.41 bits per heavy atom. The van der Waals surface area contributed by atoms with Gasteiger partial charge in [-0.05, 0) is 51.0 Å². The fourth-order valence-corrected chi connectivity index (χ4v) is 2.95. The van der Waals surface area contributed by atoms with E-state index in [1.54, 1.807) is 0 Å². The first-order valence-electron chi connectivity index (χ1n) is 9.39. The van der Waals surface area contributed by atoms with Crippen molar-refractivity contribution < 1.29 is 22.6 Å². The second-order valence-electron chi connectivity index (χ2n) is 6.25. The highest BCUT2D eigenvalue weighted by atomic mass is 19.4. The van der Waals surface area contributed by atoms with Crippen molar-refractivity contribution in [2.45, 2.75) is 39.0 Å². The minimum atomic E-state index is -4.33. The summed E-state index contributed by atoms with van der Waals surface area (Å²) in [5.74, 6) is 1.24. The lowest BCUT2D eigenvalue weighted by molar-refractivity contribution is -0.137. The molecule has 0 saturated carbocycles. The highest BCUT2D eigenvalue weighted by Crippen LogP contribution is 2.30. The number of halogens is 3. The summed E-state index contributed by atoms with van der Waals surface area (Å²) in [4.78, 5) is 6.77. The van der Waals surface area contributed by atoms with Crippen molar-refractivity contribution in [1.29, 1.82) is 0 Å². The Labute approximate surface area is 158 Å². The van der Waals surface area contributed by atoms with Crippen LogP contribution in [0.15, 0.2) is 29.3 Å². The predicted octanol–water partition coefficient (Wildman–Crippen LogP) is 3.55. The lowest BCUT2D eigenvalue weighted by atomic mass is 10.1. The van der Waals surface area contributed by atoms with Gasteiger partial charge in [0.15, 0.2) is 5.96 Å². The molecule has 1 aromatic rings. The number of nitrogens with one attached hydrogen (secondary N) is 1. The van der Waals surface area contributed by atoms with Crippen molar-refractivity contribution in [3.05, 3.63) is 29.8 Å². The van der Waals surface area contributed by atoms with Gasteiger partial charge in [-0.1, -0.05) is 0 Å². The molecule has 0 radical (unpaired) electrons. The maximum atomic E-state index is 12.6. The van der Waals surface area contributed by atoms with Crippen LogP contribution in [0.4, 0.5) is 13.2 Å². The second-order valence-corrected chi connectivity index (χ2v) is 6.25. The Balaban J connectivity index is 1.81. The van der Waals surface area contributed by atoms with E-state index >= 15 is 0 Å². The molecule has 1 heterocycles. The largest absolute Gasteiger partial charge is 0.492 e. The molecule has 0 amide bonds. The molecule has 0 atom stereocenters. The van der Waals surface area contributed by atoms with Crippen LogP contribution in [0.2, 0.25) is 0 Å². The highest BCUT2D eigenvalue weighted by Gasteiger charge is 2.30. The highest BCUT2D eigenvalue weighted by molar-refractivity contribution is 5.80. The standard InChI is InChI=1S/C19H28F3N3O2/c1-3-23-18(25-12-9-17(10-13-25)26-4-2)24-11-14-27-16-7-5-15(6-8-16)19(20,21)22/h5-8,17H,3-4,9-14H2,1-2H3,(H,23,24). The van der Waals surface area contributed by atoms with Gasteiger partial charge in [0.25, 0.3) is 0 Å². The van der Waals surface area contributed by atoms with Crippen molar-refractivity contribution >= 4 is 5.96 Å². The Morgan fingerprint density at radius 2 is 1.85 bits per heavy atom. The summed E-state index contributed by atoms with van der Waals surface area (Å²) in [7, 11) is 0. The topological polar surface area (TPSA) is 46.1 Å². The van der Waals surface area contributed by atoms with Crippen LogP contribution < -0.4 is 10.1 Å². The molecule has 1 saturated heterocycles. The Morgan fingerprint density at radius 1 is 1.19 bits per heavy atom. The number of hydrogen-bond donors (Lipinski definition) is 1. The summed E-state index contributed by atoms with van der Waals surface area (Å²) in [5, 5.41) is 3.28. The molecule has 1 aliphatic rings. The third-order valence-corrected chi connectivity index (χ3v) is 4.28. The molecule has 152 valence electrons. The van der Waals surface area contributed by atoms with Gasteiger partial charge < -0.3 is 19.7 Å². The van der Waals surface area contributed by atoms with Crippen LogP contribution in [-0.2, 0) is 10.9 Å². The second kappa shape index (κ2) is 10.4. The van der Waals surface area contributed by atoms with Crippen LogP contribution in [-0.4, -0.2) is 56.4 Å². The number of aliphatic imine (C=N–C) groups is 1. The van der Waals surface area contributed by atoms with E-state index in [0.717, 1.165) is 57.2 Å². The van der Waals surface area contributed by atoms with Gasteiger partial charge in [-0.3, -0.25) is 0 Å². The van der Waals surface area contributed by atoms with Gasteiger partial charge in [-0.2, -0.15) is 13.2 Å². The molecule has 1 aromatic carbocycles. The van der Waals surface area contributed by atoms with Gasteiger partial charge in [0.2, 0.25) is 0 Å². The van der Waals surface area contributed by atoms with Crippen LogP contribution in [0.5, 0.6) is 5.75 Å². The first-order valence-corrected chi connectivity index (χ1v) is 9.39. The monoisotopic (exact) mass is 387 g/mol. The van der Waals surface area contributed by atoms with E-state index < -0.39 is 11.7 Å². The zero-order valence-corrected chi connectivity index (χ0v) is 15.9. The molecule has 0 aromatic heterocycles. The van der Waals surface area contributed by atoms with E-state index in [4.69, 9.17) is 9.47 Å². The van der Waals surface area contributed by atoms with Crippen LogP contribution in [0.25, 0.3) is 0 Å². The molecule has 0 aliphatic carbocycles. The number of alkyl halides is 3. The normalized spacial score (nSPS) is 16.5. The average Bonchev–Trinajstić information content (AvgIpc) is 2.65.